The van der Waals surface area contributed by atoms with Gasteiger partial charge in [0.1, 0.15) is 5.36 Å². The van der Waals surface area contributed by atoms with Crippen LogP contribution in [0.25, 0.3) is 0 Å². The SMILES string of the molecule is O=[C]Nc1cccc2c1=NC(=O)N=2. The molecule has 1 heterocycles. The van der Waals surface area contributed by atoms with E-state index < -0.39 is 6.03 Å². The van der Waals surface area contributed by atoms with E-state index >= 15 is 0 Å². The molecule has 1 N–H and O–H groups in total. The Morgan fingerprint density at radius 2 is 2.15 bits per heavy atom. The molecule has 3 amide bonds. The summed E-state index contributed by atoms with van der Waals surface area (Å²) in [6.07, 6.45) is 1.52. The Kier molecular flexibility index (Phi) is 1.63. The molecule has 0 spiro atoms. The fraction of sp³-hybridized carbons (Fsp3) is 0. The van der Waals surface area contributed by atoms with E-state index in [1.54, 1.807) is 18.2 Å². The third-order valence-corrected chi connectivity index (χ3v) is 1.62. The highest BCUT2D eigenvalue weighted by Gasteiger charge is 2.07. The van der Waals surface area contributed by atoms with Gasteiger partial charge in [0.25, 0.3) is 0 Å². The maximum absolute atomic E-state index is 10.8. The molecule has 1 radical (unpaired) electrons. The molecule has 2 rings (SSSR count). The van der Waals surface area contributed by atoms with Crippen LogP contribution in [0.15, 0.2) is 28.2 Å². The van der Waals surface area contributed by atoms with Crippen molar-refractivity contribution in [2.75, 3.05) is 5.32 Å². The van der Waals surface area contributed by atoms with E-state index in [0.29, 0.717) is 16.4 Å². The molecule has 0 bridgehead atoms. The van der Waals surface area contributed by atoms with Crippen molar-refractivity contribution in [1.29, 1.82) is 0 Å². The molecule has 0 saturated heterocycles. The molecule has 1 aromatic rings. The first-order valence-electron chi connectivity index (χ1n) is 3.55. The Morgan fingerprint density at radius 1 is 1.31 bits per heavy atom. The van der Waals surface area contributed by atoms with Crippen LogP contribution in [0.5, 0.6) is 0 Å². The summed E-state index contributed by atoms with van der Waals surface area (Å²) in [5, 5.41) is 3.19. The lowest BCUT2D eigenvalue weighted by atomic mass is 10.3. The first-order chi connectivity index (χ1) is 6.31. The van der Waals surface area contributed by atoms with Crippen molar-refractivity contribution < 1.29 is 9.59 Å². The van der Waals surface area contributed by atoms with Gasteiger partial charge in [-0.2, -0.15) is 9.98 Å². The normalized spacial score (nSPS) is 12.8. The second-order valence-electron chi connectivity index (χ2n) is 2.41. The molecular weight excluding hydrogens is 170 g/mol. The lowest BCUT2D eigenvalue weighted by Crippen LogP contribution is -2.24. The van der Waals surface area contributed by atoms with E-state index in [9.17, 15) is 9.59 Å². The van der Waals surface area contributed by atoms with Gasteiger partial charge >= 0.3 is 12.4 Å². The molecule has 0 fully saturated rings. The Labute approximate surface area is 72.8 Å². The van der Waals surface area contributed by atoms with E-state index in [-0.39, 0.29) is 0 Å². The Bertz CT molecular complexity index is 493. The van der Waals surface area contributed by atoms with Crippen molar-refractivity contribution in [3.8, 4) is 0 Å². The number of carbonyl (C=O) groups excluding carboxylic acids is 2. The van der Waals surface area contributed by atoms with Gasteiger partial charge in [-0.1, -0.05) is 6.07 Å². The number of nitrogens with zero attached hydrogens (tertiary/aromatic N) is 2. The van der Waals surface area contributed by atoms with Gasteiger partial charge in [0.05, 0.1) is 11.0 Å². The molecule has 1 aliphatic heterocycles. The second kappa shape index (κ2) is 2.78. The first-order valence-corrected chi connectivity index (χ1v) is 3.55. The monoisotopic (exact) mass is 174 g/mol. The molecule has 0 atom stereocenters. The third-order valence-electron chi connectivity index (χ3n) is 1.62. The number of fused-ring (bicyclic) bond motifs is 1. The fourth-order valence-electron chi connectivity index (χ4n) is 1.12. The maximum Gasteiger partial charge on any atom is 0.368 e. The van der Waals surface area contributed by atoms with Crippen LogP contribution in [0, 0.1) is 0 Å². The van der Waals surface area contributed by atoms with Crippen molar-refractivity contribution in [2.45, 2.75) is 0 Å². The minimum absolute atomic E-state index is 0.399. The zero-order valence-corrected chi connectivity index (χ0v) is 6.44. The average Bonchev–Trinajstić information content (AvgIpc) is 2.47. The summed E-state index contributed by atoms with van der Waals surface area (Å²) in [6.45, 7) is 0. The largest absolute Gasteiger partial charge is 0.368 e. The number of para-hydroxylation sites is 1. The molecule has 1 aromatic carbocycles. The Balaban J connectivity index is 2.72. The third kappa shape index (κ3) is 1.20. The molecule has 13 heavy (non-hydrogen) atoms. The molecule has 5 nitrogen and oxygen atoms in total. The summed E-state index contributed by atoms with van der Waals surface area (Å²) in [5.74, 6) is 0. The van der Waals surface area contributed by atoms with E-state index in [1.165, 1.54) is 6.41 Å². The summed E-state index contributed by atoms with van der Waals surface area (Å²) in [7, 11) is 0. The van der Waals surface area contributed by atoms with Crippen LogP contribution in [0.4, 0.5) is 10.5 Å². The number of hydrogen-bond acceptors (Lipinski definition) is 2. The van der Waals surface area contributed by atoms with E-state index in [2.05, 4.69) is 15.3 Å². The van der Waals surface area contributed by atoms with E-state index in [0.717, 1.165) is 0 Å². The van der Waals surface area contributed by atoms with Gasteiger partial charge in [-0.15, -0.1) is 0 Å². The van der Waals surface area contributed by atoms with Crippen molar-refractivity contribution >= 4 is 18.1 Å². The summed E-state index contributed by atoms with van der Waals surface area (Å²) >= 11 is 0. The highest BCUT2D eigenvalue weighted by atomic mass is 16.2. The zero-order chi connectivity index (χ0) is 9.26. The summed E-state index contributed by atoms with van der Waals surface area (Å²) in [5.41, 5.74) is 0.446. The lowest BCUT2D eigenvalue weighted by molar-refractivity contribution is 0.256. The zero-order valence-electron chi connectivity index (χ0n) is 6.44. The highest BCUT2D eigenvalue weighted by molar-refractivity contribution is 5.79. The molecule has 0 saturated carbocycles. The van der Waals surface area contributed by atoms with Crippen LogP contribution < -0.4 is 16.0 Å². The maximum atomic E-state index is 10.8. The number of rotatable bonds is 2. The Hall–Kier alpha value is -2.04. The quantitative estimate of drug-likeness (QED) is 0.616. The van der Waals surface area contributed by atoms with Gasteiger partial charge in [0.2, 0.25) is 0 Å². The number of anilines is 1. The second-order valence-corrected chi connectivity index (χ2v) is 2.41. The molecule has 5 heteroatoms. The number of hydrogen-bond donors (Lipinski definition) is 1. The van der Waals surface area contributed by atoms with Gasteiger partial charge in [-0.05, 0) is 12.1 Å². The smallest absolute Gasteiger partial charge is 0.316 e. The van der Waals surface area contributed by atoms with E-state index in [4.69, 9.17) is 0 Å². The van der Waals surface area contributed by atoms with Crippen molar-refractivity contribution in [3.05, 3.63) is 28.9 Å². The first kappa shape index (κ1) is 7.60. The minimum atomic E-state index is -0.546. The van der Waals surface area contributed by atoms with Gasteiger partial charge in [-0.25, -0.2) is 4.79 Å². The summed E-state index contributed by atoms with van der Waals surface area (Å²) in [6, 6.07) is 4.41. The summed E-state index contributed by atoms with van der Waals surface area (Å²) in [4.78, 5) is 28.1. The molecule has 0 unspecified atom stereocenters. The average molecular weight is 174 g/mol. The van der Waals surface area contributed by atoms with Crippen LogP contribution in [-0.2, 0) is 4.79 Å². The van der Waals surface area contributed by atoms with Crippen molar-refractivity contribution in [1.82, 2.24) is 0 Å². The standard InChI is InChI=1S/C8H4N3O2/c12-4-9-5-2-1-3-6-7(5)11-8(13)10-6/h1-3H,(H,9,12). The number of urea groups is 1. The van der Waals surface area contributed by atoms with Gasteiger partial charge in [-0.3, -0.25) is 4.79 Å². The molecule has 63 valence electrons. The molecule has 1 aliphatic rings. The number of benzene rings is 1. The molecular formula is C8H4N3O2. The van der Waals surface area contributed by atoms with Gasteiger partial charge in [0.15, 0.2) is 0 Å². The predicted molar refractivity (Wildman–Crippen MR) is 43.5 cm³/mol. The van der Waals surface area contributed by atoms with Crippen LogP contribution in [0.2, 0.25) is 0 Å². The molecule has 0 aromatic heterocycles. The minimum Gasteiger partial charge on any atom is -0.316 e. The van der Waals surface area contributed by atoms with Gasteiger partial charge < -0.3 is 5.32 Å². The fourth-order valence-corrected chi connectivity index (χ4v) is 1.12. The lowest BCUT2D eigenvalue weighted by Gasteiger charge is -1.93. The van der Waals surface area contributed by atoms with E-state index in [1.807, 2.05) is 0 Å². The van der Waals surface area contributed by atoms with Crippen molar-refractivity contribution in [2.24, 2.45) is 9.98 Å². The van der Waals surface area contributed by atoms with Crippen molar-refractivity contribution in [3.63, 3.8) is 0 Å². The van der Waals surface area contributed by atoms with Gasteiger partial charge in [0, 0.05) is 0 Å². The van der Waals surface area contributed by atoms with Crippen LogP contribution in [-0.4, -0.2) is 12.4 Å². The number of nitrogens with one attached hydrogen (secondary N) is 1. The topological polar surface area (TPSA) is 70.9 Å². The number of carbonyl (C=O) groups is 1. The molecule has 0 aliphatic carbocycles. The number of amides is 3. The highest BCUT2D eigenvalue weighted by Crippen LogP contribution is 1.96. The van der Waals surface area contributed by atoms with Crippen LogP contribution >= 0.6 is 0 Å². The Morgan fingerprint density at radius 3 is 2.92 bits per heavy atom. The van der Waals surface area contributed by atoms with Crippen LogP contribution in [0.3, 0.4) is 0 Å². The van der Waals surface area contributed by atoms with Crippen LogP contribution in [0.1, 0.15) is 0 Å². The summed E-state index contributed by atoms with van der Waals surface area (Å²) < 4.78 is 0. The predicted octanol–water partition coefficient (Wildman–Crippen LogP) is -0.462.